The SMILES string of the molecule is Cc1ccccc1C(C)NC(=O)c1ccc(-n2cncn2)c([N+](=O)[O-])c1. The Morgan fingerprint density at radius 1 is 1.27 bits per heavy atom. The summed E-state index contributed by atoms with van der Waals surface area (Å²) in [6.07, 6.45) is 2.65. The number of hydrogen-bond donors (Lipinski definition) is 1. The predicted molar refractivity (Wildman–Crippen MR) is 95.1 cm³/mol. The Morgan fingerprint density at radius 2 is 2.04 bits per heavy atom. The van der Waals surface area contributed by atoms with Crippen molar-refractivity contribution in [3.63, 3.8) is 0 Å². The zero-order chi connectivity index (χ0) is 18.7. The molecule has 132 valence electrons. The van der Waals surface area contributed by atoms with Crippen LogP contribution in [0.3, 0.4) is 0 Å². The molecule has 1 aromatic heterocycles. The zero-order valence-corrected chi connectivity index (χ0v) is 14.3. The normalized spacial score (nSPS) is 11.8. The average molecular weight is 351 g/mol. The first-order valence-corrected chi connectivity index (χ1v) is 7.97. The van der Waals surface area contributed by atoms with Gasteiger partial charge in [0, 0.05) is 11.6 Å². The summed E-state index contributed by atoms with van der Waals surface area (Å²) in [6, 6.07) is 11.8. The minimum absolute atomic E-state index is 0.209. The van der Waals surface area contributed by atoms with E-state index in [1.165, 1.54) is 35.5 Å². The maximum atomic E-state index is 12.5. The fraction of sp³-hybridized carbons (Fsp3) is 0.167. The van der Waals surface area contributed by atoms with Crippen LogP contribution in [0.2, 0.25) is 0 Å². The van der Waals surface area contributed by atoms with Crippen LogP contribution in [0, 0.1) is 17.0 Å². The van der Waals surface area contributed by atoms with Crippen LogP contribution in [0.25, 0.3) is 5.69 Å². The zero-order valence-electron chi connectivity index (χ0n) is 14.3. The van der Waals surface area contributed by atoms with Gasteiger partial charge in [-0.25, -0.2) is 9.67 Å². The molecule has 1 unspecified atom stereocenters. The second kappa shape index (κ2) is 7.14. The Morgan fingerprint density at radius 3 is 2.69 bits per heavy atom. The molecule has 3 aromatic rings. The molecule has 0 bridgehead atoms. The van der Waals surface area contributed by atoms with Gasteiger partial charge in [-0.1, -0.05) is 24.3 Å². The summed E-state index contributed by atoms with van der Waals surface area (Å²) < 4.78 is 1.29. The van der Waals surface area contributed by atoms with Gasteiger partial charge in [0.25, 0.3) is 11.6 Å². The van der Waals surface area contributed by atoms with E-state index in [0.717, 1.165) is 11.1 Å². The molecule has 1 heterocycles. The van der Waals surface area contributed by atoms with E-state index in [0.29, 0.717) is 0 Å². The fourth-order valence-corrected chi connectivity index (χ4v) is 2.77. The summed E-state index contributed by atoms with van der Waals surface area (Å²) in [5.74, 6) is -0.381. The highest BCUT2D eigenvalue weighted by molar-refractivity contribution is 5.95. The third-order valence-electron chi connectivity index (χ3n) is 4.10. The summed E-state index contributed by atoms with van der Waals surface area (Å²) in [7, 11) is 0. The van der Waals surface area contributed by atoms with Crippen LogP contribution in [0.15, 0.2) is 55.1 Å². The highest BCUT2D eigenvalue weighted by Crippen LogP contribution is 2.24. The van der Waals surface area contributed by atoms with Crippen molar-refractivity contribution in [3.8, 4) is 5.69 Å². The van der Waals surface area contributed by atoms with Crippen molar-refractivity contribution in [2.24, 2.45) is 0 Å². The third-order valence-corrected chi connectivity index (χ3v) is 4.10. The fourth-order valence-electron chi connectivity index (χ4n) is 2.77. The van der Waals surface area contributed by atoms with Crippen molar-refractivity contribution < 1.29 is 9.72 Å². The molecule has 8 heteroatoms. The first-order valence-electron chi connectivity index (χ1n) is 7.97. The van der Waals surface area contributed by atoms with E-state index in [9.17, 15) is 14.9 Å². The van der Waals surface area contributed by atoms with Gasteiger partial charge in [0.05, 0.1) is 11.0 Å². The number of nitro benzene ring substituents is 1. The Labute approximate surface area is 149 Å². The molecule has 1 N–H and O–H groups in total. The smallest absolute Gasteiger partial charge is 0.295 e. The molecule has 0 fully saturated rings. The summed E-state index contributed by atoms with van der Waals surface area (Å²) in [4.78, 5) is 27.2. The van der Waals surface area contributed by atoms with Crippen molar-refractivity contribution in [2.75, 3.05) is 0 Å². The Kier molecular flexibility index (Phi) is 4.74. The number of amides is 1. The topological polar surface area (TPSA) is 103 Å². The van der Waals surface area contributed by atoms with Gasteiger partial charge in [0.1, 0.15) is 18.3 Å². The summed E-state index contributed by atoms with van der Waals surface area (Å²) in [6.45, 7) is 3.84. The van der Waals surface area contributed by atoms with Crippen molar-refractivity contribution in [3.05, 3.63) is 81.9 Å². The van der Waals surface area contributed by atoms with Crippen LogP contribution in [0.1, 0.15) is 34.5 Å². The Balaban J connectivity index is 1.87. The average Bonchev–Trinajstić information content (AvgIpc) is 3.15. The minimum Gasteiger partial charge on any atom is -0.346 e. The van der Waals surface area contributed by atoms with Crippen LogP contribution in [0.4, 0.5) is 5.69 Å². The standard InChI is InChI=1S/C18H17N5O3/c1-12-5-3-4-6-15(12)13(2)21-18(24)14-7-8-16(17(9-14)23(25)26)22-11-19-10-20-22/h3-11,13H,1-2H3,(H,21,24). The molecule has 1 amide bonds. The lowest BCUT2D eigenvalue weighted by atomic mass is 10.0. The molecule has 0 saturated heterocycles. The molecule has 26 heavy (non-hydrogen) atoms. The van der Waals surface area contributed by atoms with Gasteiger partial charge in [-0.3, -0.25) is 14.9 Å². The van der Waals surface area contributed by atoms with E-state index in [2.05, 4.69) is 15.4 Å². The Hall–Kier alpha value is -3.55. The second-order valence-electron chi connectivity index (χ2n) is 5.85. The van der Waals surface area contributed by atoms with Crippen LogP contribution in [-0.2, 0) is 0 Å². The van der Waals surface area contributed by atoms with E-state index in [1.807, 2.05) is 38.1 Å². The quantitative estimate of drug-likeness (QED) is 0.562. The number of nitrogens with one attached hydrogen (secondary N) is 1. The van der Waals surface area contributed by atoms with Crippen LogP contribution < -0.4 is 5.32 Å². The highest BCUT2D eigenvalue weighted by Gasteiger charge is 2.20. The lowest BCUT2D eigenvalue weighted by Gasteiger charge is -2.16. The highest BCUT2D eigenvalue weighted by atomic mass is 16.6. The van der Waals surface area contributed by atoms with Gasteiger partial charge >= 0.3 is 0 Å². The molecule has 0 saturated carbocycles. The molecule has 3 rings (SSSR count). The first-order chi connectivity index (χ1) is 12.5. The molecule has 2 aromatic carbocycles. The second-order valence-corrected chi connectivity index (χ2v) is 5.85. The maximum absolute atomic E-state index is 12.5. The number of aromatic nitrogens is 3. The lowest BCUT2D eigenvalue weighted by molar-refractivity contribution is -0.384. The number of carbonyl (C=O) groups is 1. The molecule has 1 atom stereocenters. The monoisotopic (exact) mass is 351 g/mol. The Bertz CT molecular complexity index is 953. The molecule has 0 aliphatic rings. The van der Waals surface area contributed by atoms with E-state index in [-0.39, 0.29) is 28.9 Å². The number of nitro groups is 1. The van der Waals surface area contributed by atoms with Crippen molar-refractivity contribution in [2.45, 2.75) is 19.9 Å². The summed E-state index contributed by atoms with van der Waals surface area (Å²) >= 11 is 0. The molecule has 0 aliphatic heterocycles. The number of nitrogens with zero attached hydrogens (tertiary/aromatic N) is 4. The summed E-state index contributed by atoms with van der Waals surface area (Å²) in [5, 5.41) is 18.2. The van der Waals surface area contributed by atoms with Gasteiger partial charge in [-0.2, -0.15) is 5.10 Å². The number of aryl methyl sites for hydroxylation is 1. The van der Waals surface area contributed by atoms with Crippen molar-refractivity contribution >= 4 is 11.6 Å². The van der Waals surface area contributed by atoms with Gasteiger partial charge in [-0.05, 0) is 37.1 Å². The predicted octanol–water partition coefficient (Wildman–Crippen LogP) is 2.97. The number of rotatable bonds is 5. The van der Waals surface area contributed by atoms with Crippen LogP contribution >= 0.6 is 0 Å². The van der Waals surface area contributed by atoms with Crippen molar-refractivity contribution in [1.82, 2.24) is 20.1 Å². The van der Waals surface area contributed by atoms with Gasteiger partial charge < -0.3 is 5.32 Å². The lowest BCUT2D eigenvalue weighted by Crippen LogP contribution is -2.27. The molecule has 8 nitrogen and oxygen atoms in total. The van der Waals surface area contributed by atoms with E-state index in [1.54, 1.807) is 0 Å². The largest absolute Gasteiger partial charge is 0.346 e. The number of carbonyl (C=O) groups excluding carboxylic acids is 1. The maximum Gasteiger partial charge on any atom is 0.295 e. The van der Waals surface area contributed by atoms with Gasteiger partial charge in [0.15, 0.2) is 0 Å². The molecular weight excluding hydrogens is 334 g/mol. The van der Waals surface area contributed by atoms with E-state index < -0.39 is 4.92 Å². The van der Waals surface area contributed by atoms with Crippen molar-refractivity contribution in [1.29, 1.82) is 0 Å². The first kappa shape index (κ1) is 17.3. The van der Waals surface area contributed by atoms with E-state index in [4.69, 9.17) is 0 Å². The summed E-state index contributed by atoms with van der Waals surface area (Å²) in [5.41, 5.74) is 2.30. The number of hydrogen-bond acceptors (Lipinski definition) is 5. The minimum atomic E-state index is -0.543. The van der Waals surface area contributed by atoms with Gasteiger partial charge in [0.2, 0.25) is 0 Å². The number of benzene rings is 2. The van der Waals surface area contributed by atoms with Crippen LogP contribution in [-0.4, -0.2) is 25.6 Å². The molecule has 0 radical (unpaired) electrons. The van der Waals surface area contributed by atoms with E-state index >= 15 is 0 Å². The molecule has 0 aliphatic carbocycles. The molecule has 0 spiro atoms. The molecular formula is C18H17N5O3. The third kappa shape index (κ3) is 3.44. The van der Waals surface area contributed by atoms with Crippen LogP contribution in [0.5, 0.6) is 0 Å². The van der Waals surface area contributed by atoms with Gasteiger partial charge in [-0.15, -0.1) is 0 Å².